The fourth-order valence-electron chi connectivity index (χ4n) is 1.40. The summed E-state index contributed by atoms with van der Waals surface area (Å²) in [6.45, 7) is 2.36. The van der Waals surface area contributed by atoms with Gasteiger partial charge in [0.25, 0.3) is 0 Å². The van der Waals surface area contributed by atoms with Gasteiger partial charge in [-0.15, -0.1) is 0 Å². The van der Waals surface area contributed by atoms with E-state index in [1.54, 1.807) is 4.90 Å². The van der Waals surface area contributed by atoms with Crippen LogP contribution in [0.4, 0.5) is 0 Å². The number of fused-ring (bicyclic) bond motifs is 1. The van der Waals surface area contributed by atoms with Gasteiger partial charge < -0.3 is 5.32 Å². The van der Waals surface area contributed by atoms with Gasteiger partial charge in [0.15, 0.2) is 0 Å². The van der Waals surface area contributed by atoms with Gasteiger partial charge in [-0.3, -0.25) is 0 Å². The molecule has 0 bridgehead atoms. The van der Waals surface area contributed by atoms with Gasteiger partial charge >= 0.3 is 0 Å². The lowest BCUT2D eigenvalue weighted by molar-refractivity contribution is 0.339. The highest BCUT2D eigenvalue weighted by Gasteiger charge is 2.31. The minimum atomic E-state index is -1.23. The average molecular weight is 266 g/mol. The van der Waals surface area contributed by atoms with E-state index in [9.17, 15) is 0 Å². The third-order valence-electron chi connectivity index (χ3n) is 2.33. The molecular weight excluding hydrogens is 254 g/mol. The molecule has 1 saturated heterocycles. The maximum atomic E-state index is 5.56. The molecule has 1 fully saturated rings. The molecule has 0 aromatic rings. The molecule has 0 saturated carbocycles. The first kappa shape index (κ1) is 11.5. The number of nitrogens with one attached hydrogen (secondary N) is 1. The number of rotatable bonds is 0. The van der Waals surface area contributed by atoms with Gasteiger partial charge in [0.2, 0.25) is 3.92 Å². The van der Waals surface area contributed by atoms with Gasteiger partial charge in [-0.25, -0.2) is 4.90 Å². The Morgan fingerprint density at radius 3 is 2.07 bits per heavy atom. The van der Waals surface area contributed by atoms with Crippen molar-refractivity contribution in [3.8, 4) is 11.1 Å². The summed E-state index contributed by atoms with van der Waals surface area (Å²) in [7, 11) is 0. The lowest BCUT2D eigenvalue weighted by atomic mass is 10.6. The summed E-state index contributed by atoms with van der Waals surface area (Å²) in [5.41, 5.74) is 2.85. The van der Waals surface area contributed by atoms with Gasteiger partial charge in [0.1, 0.15) is 0 Å². The topological polar surface area (TPSA) is 15.3 Å². The minimum absolute atomic E-state index is 0.663. The Bertz CT molecular complexity index is 326. The molecule has 0 aromatic heterocycles. The Labute approximate surface area is 104 Å². The Kier molecular flexibility index (Phi) is 3.43. The summed E-state index contributed by atoms with van der Waals surface area (Å²) in [6, 6.07) is 8.48. The number of benzene rings is 1. The average Bonchev–Trinajstić information content (AvgIpc) is 2.68. The van der Waals surface area contributed by atoms with Crippen molar-refractivity contribution in [3.05, 3.63) is 24.3 Å². The predicted octanol–water partition coefficient (Wildman–Crippen LogP) is 2.84. The summed E-state index contributed by atoms with van der Waals surface area (Å²) < 4.78 is -1.23. The van der Waals surface area contributed by atoms with Crippen molar-refractivity contribution in [1.82, 2.24) is 10.2 Å². The van der Waals surface area contributed by atoms with E-state index < -0.39 is 3.92 Å². The maximum absolute atomic E-state index is 5.56. The van der Waals surface area contributed by atoms with E-state index >= 15 is 0 Å². The lowest BCUT2D eigenvalue weighted by Gasteiger charge is -2.22. The van der Waals surface area contributed by atoms with Crippen molar-refractivity contribution >= 4 is 34.8 Å². The standard InChI is InChI=1S/C6H4.C4H7Cl3N2/c1-2-5-4-6(5)3-1;5-4(6,7)9-2-1-8-3-9/h1-4H;8H,1-3H2. The van der Waals surface area contributed by atoms with E-state index in [-0.39, 0.29) is 0 Å². The zero-order valence-electron chi connectivity index (χ0n) is 8.01. The summed E-state index contributed by atoms with van der Waals surface area (Å²) >= 11 is 16.7. The van der Waals surface area contributed by atoms with Crippen LogP contribution in [0.2, 0.25) is 0 Å². The van der Waals surface area contributed by atoms with E-state index in [1.807, 2.05) is 0 Å². The first-order chi connectivity index (χ1) is 7.07. The van der Waals surface area contributed by atoms with Crippen LogP contribution >= 0.6 is 34.8 Å². The third-order valence-corrected chi connectivity index (χ3v) is 3.05. The second-order valence-electron chi connectivity index (χ2n) is 3.47. The Hall–Kier alpha value is 0.01000. The van der Waals surface area contributed by atoms with Crippen LogP contribution in [0.15, 0.2) is 24.3 Å². The van der Waals surface area contributed by atoms with E-state index in [4.69, 9.17) is 34.8 Å². The van der Waals surface area contributed by atoms with Gasteiger partial charge in [0, 0.05) is 13.1 Å². The molecule has 0 aromatic carbocycles. The molecule has 1 aliphatic heterocycles. The van der Waals surface area contributed by atoms with Crippen molar-refractivity contribution in [1.29, 1.82) is 0 Å². The van der Waals surface area contributed by atoms with E-state index in [1.165, 1.54) is 11.1 Å². The Morgan fingerprint density at radius 1 is 1.20 bits per heavy atom. The highest BCUT2D eigenvalue weighted by atomic mass is 35.6. The number of hydrogen-bond donors (Lipinski definition) is 1. The number of alkyl halides is 3. The highest BCUT2D eigenvalue weighted by Crippen LogP contribution is 2.32. The molecule has 0 amide bonds. The molecule has 1 heterocycles. The van der Waals surface area contributed by atoms with Crippen molar-refractivity contribution in [2.45, 2.75) is 3.92 Å². The third kappa shape index (κ3) is 3.23. The zero-order valence-corrected chi connectivity index (χ0v) is 10.3. The Morgan fingerprint density at radius 2 is 1.87 bits per heavy atom. The predicted molar refractivity (Wildman–Crippen MR) is 65.3 cm³/mol. The van der Waals surface area contributed by atoms with E-state index in [0.717, 1.165) is 13.1 Å². The fourth-order valence-corrected chi connectivity index (χ4v) is 1.83. The highest BCUT2D eigenvalue weighted by molar-refractivity contribution is 6.67. The summed E-state index contributed by atoms with van der Waals surface area (Å²) in [4.78, 5) is 1.73. The van der Waals surface area contributed by atoms with Crippen molar-refractivity contribution in [2.75, 3.05) is 19.8 Å². The van der Waals surface area contributed by atoms with Crippen molar-refractivity contribution in [3.63, 3.8) is 0 Å². The molecule has 1 N–H and O–H groups in total. The van der Waals surface area contributed by atoms with Crippen LogP contribution in [0.1, 0.15) is 0 Å². The molecule has 0 atom stereocenters. The van der Waals surface area contributed by atoms with E-state index in [2.05, 4.69) is 29.6 Å². The molecule has 2 aliphatic carbocycles. The van der Waals surface area contributed by atoms with Crippen LogP contribution in [0, 0.1) is 0 Å². The first-order valence-corrected chi connectivity index (χ1v) is 5.84. The largest absolute Gasteiger partial charge is 0.303 e. The molecule has 3 aliphatic rings. The van der Waals surface area contributed by atoms with Crippen LogP contribution in [-0.2, 0) is 0 Å². The maximum Gasteiger partial charge on any atom is 0.248 e. The molecule has 0 radical (unpaired) electrons. The summed E-state index contributed by atoms with van der Waals surface area (Å²) in [5.74, 6) is 0. The van der Waals surface area contributed by atoms with Crippen molar-refractivity contribution in [2.24, 2.45) is 0 Å². The second-order valence-corrected chi connectivity index (χ2v) is 5.69. The molecule has 5 heteroatoms. The summed E-state index contributed by atoms with van der Waals surface area (Å²) in [6.07, 6.45) is 0. The number of hydrogen-bond acceptors (Lipinski definition) is 2. The van der Waals surface area contributed by atoms with Crippen LogP contribution in [-0.4, -0.2) is 28.6 Å². The molecule has 0 unspecified atom stereocenters. The van der Waals surface area contributed by atoms with E-state index in [0.29, 0.717) is 6.67 Å². The van der Waals surface area contributed by atoms with Gasteiger partial charge in [-0.2, -0.15) is 0 Å². The SMILES string of the molecule is ClC(Cl)(Cl)N1CCNC1.c1cc2cc-2c1. The van der Waals surface area contributed by atoms with Crippen LogP contribution in [0.3, 0.4) is 0 Å². The second kappa shape index (κ2) is 4.48. The molecular formula is C10H11Cl3N2. The van der Waals surface area contributed by atoms with Crippen LogP contribution < -0.4 is 5.32 Å². The number of halogens is 3. The van der Waals surface area contributed by atoms with Crippen LogP contribution in [0.5, 0.6) is 0 Å². The van der Waals surface area contributed by atoms with Crippen LogP contribution in [0.25, 0.3) is 11.1 Å². The first-order valence-electron chi connectivity index (χ1n) is 4.70. The normalized spacial score (nSPS) is 18.3. The molecule has 3 rings (SSSR count). The quantitative estimate of drug-likeness (QED) is 0.582. The Balaban J connectivity index is 0.000000121. The fraction of sp³-hybridized carbons (Fsp3) is 0.400. The summed E-state index contributed by atoms with van der Waals surface area (Å²) in [5, 5.41) is 3.05. The number of nitrogens with zero attached hydrogens (tertiary/aromatic N) is 1. The smallest absolute Gasteiger partial charge is 0.248 e. The monoisotopic (exact) mass is 264 g/mol. The molecule has 82 valence electrons. The molecule has 2 nitrogen and oxygen atoms in total. The molecule has 15 heavy (non-hydrogen) atoms. The zero-order chi connectivity index (χ0) is 10.9. The minimum Gasteiger partial charge on any atom is -0.303 e. The van der Waals surface area contributed by atoms with Gasteiger partial charge in [-0.05, 0) is 17.2 Å². The van der Waals surface area contributed by atoms with Gasteiger partial charge in [-0.1, -0.05) is 53.0 Å². The lowest BCUT2D eigenvalue weighted by Crippen LogP contribution is -2.33. The molecule has 0 spiro atoms. The van der Waals surface area contributed by atoms with Gasteiger partial charge in [0.05, 0.1) is 6.67 Å². The van der Waals surface area contributed by atoms with Crippen molar-refractivity contribution < 1.29 is 0 Å².